The van der Waals surface area contributed by atoms with Gasteiger partial charge in [-0.05, 0) is 77.8 Å². The van der Waals surface area contributed by atoms with Gasteiger partial charge in [-0.2, -0.15) is 0 Å². The first-order chi connectivity index (χ1) is 19.6. The summed E-state index contributed by atoms with van der Waals surface area (Å²) in [6, 6.07) is 22.9. The molecule has 0 bridgehead atoms. The van der Waals surface area contributed by atoms with Crippen LogP contribution >= 0.6 is 0 Å². The molecule has 0 fully saturated rings. The molecule has 0 saturated carbocycles. The van der Waals surface area contributed by atoms with E-state index < -0.39 is 10.8 Å². The van der Waals surface area contributed by atoms with Crippen molar-refractivity contribution in [2.24, 2.45) is 0 Å². The maximum Gasteiger partial charge on any atom is 0.121 e. The Hall–Kier alpha value is -3.72. The SMILES string of the molecule is CS(=O)c1cccnc1CNCc1ccc(CNCc2nc3ccccc3[nH]2)c(C2CCc3cccnc3C2)c1. The number of rotatable bonds is 10. The van der Waals surface area contributed by atoms with Gasteiger partial charge in [0, 0.05) is 44.0 Å². The van der Waals surface area contributed by atoms with Gasteiger partial charge >= 0.3 is 0 Å². The Bertz CT molecular complexity index is 1610. The number of benzene rings is 2. The second-order valence-corrected chi connectivity index (χ2v) is 11.7. The predicted octanol–water partition coefficient (Wildman–Crippen LogP) is 4.94. The Morgan fingerprint density at radius 2 is 1.77 bits per heavy atom. The quantitative estimate of drug-likeness (QED) is 0.228. The van der Waals surface area contributed by atoms with Crippen LogP contribution in [0.1, 0.15) is 51.8 Å². The van der Waals surface area contributed by atoms with Crippen molar-refractivity contribution in [3.8, 4) is 0 Å². The summed E-state index contributed by atoms with van der Waals surface area (Å²) < 4.78 is 12.1. The van der Waals surface area contributed by atoms with Crippen LogP contribution < -0.4 is 10.6 Å². The Morgan fingerprint density at radius 1 is 0.925 bits per heavy atom. The van der Waals surface area contributed by atoms with E-state index in [0.717, 1.165) is 53.3 Å². The zero-order chi connectivity index (χ0) is 27.3. The van der Waals surface area contributed by atoms with Gasteiger partial charge in [-0.25, -0.2) is 4.98 Å². The summed E-state index contributed by atoms with van der Waals surface area (Å²) >= 11 is 0. The molecule has 0 aliphatic heterocycles. The van der Waals surface area contributed by atoms with Crippen molar-refractivity contribution in [1.82, 2.24) is 30.6 Å². The van der Waals surface area contributed by atoms with Gasteiger partial charge in [0.25, 0.3) is 0 Å². The summed E-state index contributed by atoms with van der Waals surface area (Å²) in [5, 5.41) is 7.13. The highest BCUT2D eigenvalue weighted by Gasteiger charge is 2.23. The molecule has 0 spiro atoms. The number of nitrogens with one attached hydrogen (secondary N) is 3. The molecule has 8 heteroatoms. The molecule has 0 amide bonds. The second kappa shape index (κ2) is 12.2. The van der Waals surface area contributed by atoms with E-state index in [0.29, 0.717) is 25.6 Å². The number of pyridine rings is 2. The van der Waals surface area contributed by atoms with Crippen molar-refractivity contribution >= 4 is 21.8 Å². The summed E-state index contributed by atoms with van der Waals surface area (Å²) in [6.45, 7) is 2.74. The molecule has 2 atom stereocenters. The number of nitrogens with zero attached hydrogens (tertiary/aromatic N) is 3. The molecule has 1 aliphatic rings. The van der Waals surface area contributed by atoms with Crippen LogP contribution in [0.2, 0.25) is 0 Å². The fraction of sp³-hybridized carbons (Fsp3) is 0.281. The predicted molar refractivity (Wildman–Crippen MR) is 159 cm³/mol. The smallest absolute Gasteiger partial charge is 0.121 e. The molecular weight excluding hydrogens is 516 g/mol. The summed E-state index contributed by atoms with van der Waals surface area (Å²) in [6.07, 6.45) is 8.50. The van der Waals surface area contributed by atoms with Gasteiger partial charge in [0.1, 0.15) is 5.82 Å². The molecule has 0 saturated heterocycles. The van der Waals surface area contributed by atoms with Gasteiger partial charge in [-0.3, -0.25) is 14.2 Å². The van der Waals surface area contributed by atoms with E-state index in [1.54, 1.807) is 12.5 Å². The highest BCUT2D eigenvalue weighted by Crippen LogP contribution is 2.34. The Labute approximate surface area is 237 Å². The van der Waals surface area contributed by atoms with Crippen LogP contribution in [-0.4, -0.2) is 30.4 Å². The van der Waals surface area contributed by atoms with Gasteiger partial charge in [0.05, 0.1) is 39.0 Å². The van der Waals surface area contributed by atoms with Crippen LogP contribution in [0.4, 0.5) is 0 Å². The Morgan fingerprint density at radius 3 is 2.67 bits per heavy atom. The molecule has 3 aromatic heterocycles. The van der Waals surface area contributed by atoms with E-state index in [4.69, 9.17) is 9.97 Å². The molecule has 1 aliphatic carbocycles. The number of aromatic nitrogens is 4. The summed E-state index contributed by atoms with van der Waals surface area (Å²) in [7, 11) is -1.06. The minimum atomic E-state index is -1.06. The first-order valence-corrected chi connectivity index (χ1v) is 15.4. The van der Waals surface area contributed by atoms with Gasteiger partial charge < -0.3 is 15.6 Å². The van der Waals surface area contributed by atoms with E-state index in [2.05, 4.69) is 50.9 Å². The van der Waals surface area contributed by atoms with Crippen molar-refractivity contribution in [3.05, 3.63) is 119 Å². The van der Waals surface area contributed by atoms with Gasteiger partial charge in [-0.15, -0.1) is 0 Å². The average molecular weight is 551 g/mol. The summed E-state index contributed by atoms with van der Waals surface area (Å²) in [5.74, 6) is 1.37. The molecule has 2 aromatic carbocycles. The van der Waals surface area contributed by atoms with Crippen molar-refractivity contribution < 1.29 is 4.21 Å². The van der Waals surface area contributed by atoms with Crippen molar-refractivity contribution in [3.63, 3.8) is 0 Å². The lowest BCUT2D eigenvalue weighted by Crippen LogP contribution is -2.20. The molecule has 7 nitrogen and oxygen atoms in total. The van der Waals surface area contributed by atoms with Crippen LogP contribution in [0.25, 0.3) is 11.0 Å². The molecule has 3 heterocycles. The highest BCUT2D eigenvalue weighted by molar-refractivity contribution is 7.84. The van der Waals surface area contributed by atoms with Crippen molar-refractivity contribution in [1.29, 1.82) is 0 Å². The lowest BCUT2D eigenvalue weighted by molar-refractivity contribution is 0.561. The average Bonchev–Trinajstić information content (AvgIpc) is 3.40. The number of aryl methyl sites for hydroxylation is 1. The zero-order valence-electron chi connectivity index (χ0n) is 22.7. The minimum absolute atomic E-state index is 0.426. The van der Waals surface area contributed by atoms with Crippen molar-refractivity contribution in [2.45, 2.75) is 56.3 Å². The molecule has 0 radical (unpaired) electrons. The normalized spacial score (nSPS) is 15.7. The number of aromatic amines is 1. The van der Waals surface area contributed by atoms with Gasteiger partial charge in [-0.1, -0.05) is 36.4 Å². The number of hydrogen-bond acceptors (Lipinski definition) is 6. The summed E-state index contributed by atoms with van der Waals surface area (Å²) in [5.41, 5.74) is 9.43. The maximum atomic E-state index is 12.1. The van der Waals surface area contributed by atoms with Crippen molar-refractivity contribution in [2.75, 3.05) is 6.26 Å². The van der Waals surface area contributed by atoms with E-state index in [-0.39, 0.29) is 0 Å². The third kappa shape index (κ3) is 6.04. The van der Waals surface area contributed by atoms with Crippen LogP contribution in [0, 0.1) is 0 Å². The fourth-order valence-corrected chi connectivity index (χ4v) is 6.38. The molecular formula is C32H34N6OS. The monoisotopic (exact) mass is 550 g/mol. The largest absolute Gasteiger partial charge is 0.341 e. The van der Waals surface area contributed by atoms with E-state index in [1.807, 2.05) is 42.6 Å². The number of para-hydroxylation sites is 2. The Balaban J connectivity index is 1.18. The van der Waals surface area contributed by atoms with Gasteiger partial charge in [0.2, 0.25) is 0 Å². The topological polar surface area (TPSA) is 95.6 Å². The van der Waals surface area contributed by atoms with Crippen LogP contribution in [0.15, 0.2) is 84.0 Å². The fourth-order valence-electron chi connectivity index (χ4n) is 5.66. The first-order valence-electron chi connectivity index (χ1n) is 13.8. The minimum Gasteiger partial charge on any atom is -0.341 e. The Kier molecular flexibility index (Phi) is 8.09. The first kappa shape index (κ1) is 26.5. The third-order valence-electron chi connectivity index (χ3n) is 7.66. The molecule has 40 heavy (non-hydrogen) atoms. The lowest BCUT2D eigenvalue weighted by atomic mass is 9.80. The number of imidazole rings is 1. The standard InChI is InChI=1S/C32H34N6OS/c1-40(39)31-9-5-15-36-30(31)20-33-18-22-10-11-25(19-34-21-32-37-27-7-2-3-8-28(27)38-32)26(16-22)24-13-12-23-6-4-14-35-29(23)17-24/h2-11,14-16,24,33-34H,12-13,17-21H2,1H3,(H,37,38). The number of H-pyrrole nitrogens is 1. The third-order valence-corrected chi connectivity index (χ3v) is 8.65. The highest BCUT2D eigenvalue weighted by atomic mass is 32.2. The van der Waals surface area contributed by atoms with Gasteiger partial charge in [0.15, 0.2) is 0 Å². The number of fused-ring (bicyclic) bond motifs is 2. The van der Waals surface area contributed by atoms with E-state index >= 15 is 0 Å². The molecule has 6 rings (SSSR count). The van der Waals surface area contributed by atoms with Crippen LogP contribution in [-0.2, 0) is 49.8 Å². The van der Waals surface area contributed by atoms with E-state index in [1.165, 1.54) is 27.9 Å². The molecule has 2 unspecified atom stereocenters. The molecule has 3 N–H and O–H groups in total. The van der Waals surface area contributed by atoms with E-state index in [9.17, 15) is 4.21 Å². The lowest BCUT2D eigenvalue weighted by Gasteiger charge is -2.26. The maximum absolute atomic E-state index is 12.1. The van der Waals surface area contributed by atoms with Crippen LogP contribution in [0.5, 0.6) is 0 Å². The molecule has 204 valence electrons. The second-order valence-electron chi connectivity index (χ2n) is 10.4. The summed E-state index contributed by atoms with van der Waals surface area (Å²) in [4.78, 5) is 18.1. The van der Waals surface area contributed by atoms with Crippen LogP contribution in [0.3, 0.4) is 0 Å². The zero-order valence-corrected chi connectivity index (χ0v) is 23.5. The number of hydrogen-bond donors (Lipinski definition) is 3. The molecule has 5 aromatic rings.